The first-order valence-electron chi connectivity index (χ1n) is 5.02. The lowest BCUT2D eigenvalue weighted by molar-refractivity contribution is 0.265. The molecule has 15 heavy (non-hydrogen) atoms. The van der Waals surface area contributed by atoms with Crippen molar-refractivity contribution in [3.05, 3.63) is 24.4 Å². The summed E-state index contributed by atoms with van der Waals surface area (Å²) < 4.78 is 1.72. The second-order valence-corrected chi connectivity index (χ2v) is 4.00. The van der Waals surface area contributed by atoms with Gasteiger partial charge in [-0.2, -0.15) is 4.98 Å². The summed E-state index contributed by atoms with van der Waals surface area (Å²) in [5.41, 5.74) is 0.652. The number of aliphatic hydroxyl groups excluding tert-OH is 1. The molecule has 5 nitrogen and oxygen atoms in total. The van der Waals surface area contributed by atoms with Crippen LogP contribution < -0.4 is 5.32 Å². The van der Waals surface area contributed by atoms with Gasteiger partial charge in [0.15, 0.2) is 5.65 Å². The Kier molecular flexibility index (Phi) is 1.70. The van der Waals surface area contributed by atoms with Crippen LogP contribution in [0.15, 0.2) is 24.4 Å². The predicted molar refractivity (Wildman–Crippen MR) is 55.7 cm³/mol. The van der Waals surface area contributed by atoms with Gasteiger partial charge in [-0.1, -0.05) is 6.07 Å². The summed E-state index contributed by atoms with van der Waals surface area (Å²) in [6.07, 6.45) is 3.82. The fraction of sp³-hybridized carbons (Fsp3) is 0.400. The van der Waals surface area contributed by atoms with Crippen LogP contribution in [0.5, 0.6) is 0 Å². The van der Waals surface area contributed by atoms with Gasteiger partial charge in [0, 0.05) is 6.20 Å². The van der Waals surface area contributed by atoms with E-state index in [4.69, 9.17) is 5.11 Å². The van der Waals surface area contributed by atoms with E-state index >= 15 is 0 Å². The van der Waals surface area contributed by atoms with Gasteiger partial charge in [-0.15, -0.1) is 5.10 Å². The quantitative estimate of drug-likeness (QED) is 0.771. The SMILES string of the molecule is OCC1(Nc2nc3ccccn3n2)CC1. The van der Waals surface area contributed by atoms with Crippen LogP contribution in [0.25, 0.3) is 5.65 Å². The third-order valence-corrected chi connectivity index (χ3v) is 2.77. The second kappa shape index (κ2) is 2.93. The van der Waals surface area contributed by atoms with Crippen molar-refractivity contribution in [2.24, 2.45) is 0 Å². The second-order valence-electron chi connectivity index (χ2n) is 4.00. The molecule has 0 aromatic carbocycles. The normalized spacial score (nSPS) is 17.9. The molecule has 2 aromatic heterocycles. The maximum atomic E-state index is 9.17. The van der Waals surface area contributed by atoms with Gasteiger partial charge in [0.1, 0.15) is 0 Å². The smallest absolute Gasteiger partial charge is 0.243 e. The van der Waals surface area contributed by atoms with E-state index in [1.807, 2.05) is 24.4 Å². The number of anilines is 1. The van der Waals surface area contributed by atoms with Crippen LogP contribution in [0.1, 0.15) is 12.8 Å². The number of aromatic nitrogens is 3. The van der Waals surface area contributed by atoms with Gasteiger partial charge in [-0.05, 0) is 25.0 Å². The molecule has 1 fully saturated rings. The fourth-order valence-electron chi connectivity index (χ4n) is 1.60. The molecule has 0 bridgehead atoms. The van der Waals surface area contributed by atoms with Crippen molar-refractivity contribution in [1.29, 1.82) is 0 Å². The number of pyridine rings is 1. The average molecular weight is 204 g/mol. The molecular formula is C10H12N4O. The van der Waals surface area contributed by atoms with E-state index in [-0.39, 0.29) is 12.1 Å². The zero-order valence-electron chi connectivity index (χ0n) is 8.22. The zero-order valence-corrected chi connectivity index (χ0v) is 8.22. The molecule has 0 amide bonds. The maximum absolute atomic E-state index is 9.17. The maximum Gasteiger partial charge on any atom is 0.243 e. The average Bonchev–Trinajstić information content (AvgIpc) is 2.91. The molecule has 1 aliphatic carbocycles. The molecule has 0 saturated heterocycles. The Bertz CT molecular complexity index is 456. The monoisotopic (exact) mass is 204 g/mol. The Morgan fingerprint density at radius 3 is 3.00 bits per heavy atom. The molecule has 2 heterocycles. The number of rotatable bonds is 3. The van der Waals surface area contributed by atoms with E-state index in [1.165, 1.54) is 0 Å². The standard InChI is InChI=1S/C10H12N4O/c15-7-10(4-5-10)12-9-11-8-3-1-2-6-14(8)13-9/h1-3,6,15H,4-5,7H2,(H,12,13). The van der Waals surface area contributed by atoms with Crippen LogP contribution in [0.2, 0.25) is 0 Å². The molecule has 1 saturated carbocycles. The Labute approximate surface area is 86.8 Å². The minimum absolute atomic E-state index is 0.141. The van der Waals surface area contributed by atoms with Gasteiger partial charge in [-0.25, -0.2) is 4.52 Å². The number of fused-ring (bicyclic) bond motifs is 1. The van der Waals surface area contributed by atoms with E-state index in [1.54, 1.807) is 4.52 Å². The minimum atomic E-state index is -0.162. The van der Waals surface area contributed by atoms with Gasteiger partial charge in [-0.3, -0.25) is 0 Å². The van der Waals surface area contributed by atoms with E-state index in [9.17, 15) is 0 Å². The summed E-state index contributed by atoms with van der Waals surface area (Å²) in [5, 5.41) is 16.6. The van der Waals surface area contributed by atoms with Crippen LogP contribution in [-0.2, 0) is 0 Å². The van der Waals surface area contributed by atoms with Crippen molar-refractivity contribution in [2.75, 3.05) is 11.9 Å². The summed E-state index contributed by atoms with van der Waals surface area (Å²) in [7, 11) is 0. The van der Waals surface area contributed by atoms with Gasteiger partial charge < -0.3 is 10.4 Å². The predicted octanol–water partition coefficient (Wildman–Crippen LogP) is 0.666. The summed E-state index contributed by atoms with van der Waals surface area (Å²) in [6.45, 7) is 0.141. The Morgan fingerprint density at radius 1 is 1.47 bits per heavy atom. The van der Waals surface area contributed by atoms with E-state index in [0.717, 1.165) is 18.5 Å². The molecule has 1 aliphatic rings. The Morgan fingerprint density at radius 2 is 2.33 bits per heavy atom. The molecular weight excluding hydrogens is 192 g/mol. The topological polar surface area (TPSA) is 62.5 Å². The van der Waals surface area contributed by atoms with Crippen molar-refractivity contribution in [2.45, 2.75) is 18.4 Å². The number of hydrogen-bond acceptors (Lipinski definition) is 4. The molecule has 78 valence electrons. The lowest BCUT2D eigenvalue weighted by Crippen LogP contribution is -2.26. The van der Waals surface area contributed by atoms with E-state index < -0.39 is 0 Å². The number of nitrogens with one attached hydrogen (secondary N) is 1. The van der Waals surface area contributed by atoms with Gasteiger partial charge >= 0.3 is 0 Å². The summed E-state index contributed by atoms with van der Waals surface area (Å²) in [4.78, 5) is 4.32. The summed E-state index contributed by atoms with van der Waals surface area (Å²) >= 11 is 0. The first-order chi connectivity index (χ1) is 7.31. The van der Waals surface area contributed by atoms with Crippen LogP contribution in [-0.4, -0.2) is 31.9 Å². The molecule has 0 unspecified atom stereocenters. The van der Waals surface area contributed by atoms with Crippen molar-refractivity contribution in [1.82, 2.24) is 14.6 Å². The summed E-state index contributed by atoms with van der Waals surface area (Å²) in [6, 6.07) is 5.73. The number of hydrogen-bond donors (Lipinski definition) is 2. The highest BCUT2D eigenvalue weighted by Gasteiger charge is 2.42. The van der Waals surface area contributed by atoms with E-state index in [0.29, 0.717) is 5.95 Å². The number of nitrogens with zero attached hydrogens (tertiary/aromatic N) is 3. The zero-order chi connectivity index (χ0) is 10.3. The van der Waals surface area contributed by atoms with Gasteiger partial charge in [0.05, 0.1) is 12.1 Å². The number of aliphatic hydroxyl groups is 1. The highest BCUT2D eigenvalue weighted by molar-refractivity contribution is 5.45. The van der Waals surface area contributed by atoms with Crippen molar-refractivity contribution in [3.63, 3.8) is 0 Å². The van der Waals surface area contributed by atoms with E-state index in [2.05, 4.69) is 15.4 Å². The molecule has 0 atom stereocenters. The molecule has 2 aromatic rings. The molecule has 0 spiro atoms. The Hall–Kier alpha value is -1.62. The summed E-state index contributed by atoms with van der Waals surface area (Å²) in [5.74, 6) is 0.591. The van der Waals surface area contributed by atoms with Crippen molar-refractivity contribution < 1.29 is 5.11 Å². The lowest BCUT2D eigenvalue weighted by Gasteiger charge is -2.11. The largest absolute Gasteiger partial charge is 0.394 e. The van der Waals surface area contributed by atoms with Crippen LogP contribution in [0, 0.1) is 0 Å². The highest BCUT2D eigenvalue weighted by atomic mass is 16.3. The molecule has 0 aliphatic heterocycles. The first-order valence-corrected chi connectivity index (χ1v) is 5.02. The molecule has 5 heteroatoms. The lowest BCUT2D eigenvalue weighted by atomic mass is 10.3. The Balaban J connectivity index is 1.92. The van der Waals surface area contributed by atoms with Crippen LogP contribution in [0.3, 0.4) is 0 Å². The minimum Gasteiger partial charge on any atom is -0.394 e. The van der Waals surface area contributed by atoms with Crippen LogP contribution >= 0.6 is 0 Å². The van der Waals surface area contributed by atoms with Crippen molar-refractivity contribution >= 4 is 11.6 Å². The molecule has 2 N–H and O–H groups in total. The van der Waals surface area contributed by atoms with Gasteiger partial charge in [0.2, 0.25) is 5.95 Å². The molecule has 3 rings (SSSR count). The third kappa shape index (κ3) is 1.45. The van der Waals surface area contributed by atoms with Crippen LogP contribution in [0.4, 0.5) is 5.95 Å². The third-order valence-electron chi connectivity index (χ3n) is 2.77. The first kappa shape index (κ1) is 8.67. The highest BCUT2D eigenvalue weighted by Crippen LogP contribution is 2.37. The fourth-order valence-corrected chi connectivity index (χ4v) is 1.60. The van der Waals surface area contributed by atoms with Crippen molar-refractivity contribution in [3.8, 4) is 0 Å². The van der Waals surface area contributed by atoms with Gasteiger partial charge in [0.25, 0.3) is 0 Å². The molecule has 0 radical (unpaired) electrons.